The van der Waals surface area contributed by atoms with E-state index in [1.165, 1.54) is 39.0 Å². The summed E-state index contributed by atoms with van der Waals surface area (Å²) in [6.45, 7) is 11.9. The van der Waals surface area contributed by atoms with E-state index in [2.05, 4.69) is 50.2 Å². The van der Waals surface area contributed by atoms with Crippen molar-refractivity contribution in [1.29, 1.82) is 0 Å². The quantitative estimate of drug-likeness (QED) is 0.757. The molecule has 1 fully saturated rings. The summed E-state index contributed by atoms with van der Waals surface area (Å²) in [6.07, 6.45) is 2.58. The predicted octanol–water partition coefficient (Wildman–Crippen LogP) is 2.60. The van der Waals surface area contributed by atoms with Crippen LogP contribution in [0.4, 0.5) is 0 Å². The van der Waals surface area contributed by atoms with Gasteiger partial charge in [0, 0.05) is 19.1 Å². The van der Waals surface area contributed by atoms with E-state index in [1.54, 1.807) is 0 Å². The molecule has 1 saturated heterocycles. The fraction of sp³-hybridized carbons (Fsp3) is 1.00. The summed E-state index contributed by atoms with van der Waals surface area (Å²) in [5.74, 6) is 2.49. The molecule has 3 heteroatoms. The number of rotatable bonds is 5. The van der Waals surface area contributed by atoms with Gasteiger partial charge in [-0.3, -0.25) is 4.90 Å². The van der Waals surface area contributed by atoms with Crippen molar-refractivity contribution in [1.82, 2.24) is 9.80 Å². The maximum Gasteiger partial charge on any atom is 0.0220 e. The molecule has 1 aliphatic rings. The van der Waals surface area contributed by atoms with E-state index in [9.17, 15) is 0 Å². The Labute approximate surface area is 113 Å². The molecule has 102 valence electrons. The van der Waals surface area contributed by atoms with Gasteiger partial charge >= 0.3 is 0 Å². The van der Waals surface area contributed by atoms with Gasteiger partial charge in [-0.25, -0.2) is 0 Å². The molecule has 0 N–H and O–H groups in total. The Hall–Kier alpha value is 0.270. The van der Waals surface area contributed by atoms with Crippen LogP contribution >= 0.6 is 12.6 Å². The van der Waals surface area contributed by atoms with Gasteiger partial charge in [-0.05, 0) is 50.6 Å². The van der Waals surface area contributed by atoms with Crippen molar-refractivity contribution in [2.24, 2.45) is 11.8 Å². The molecule has 0 aliphatic carbocycles. The van der Waals surface area contributed by atoms with Crippen LogP contribution in [0.2, 0.25) is 0 Å². The van der Waals surface area contributed by atoms with Crippen LogP contribution in [0.3, 0.4) is 0 Å². The average Bonchev–Trinajstić information content (AvgIpc) is 2.47. The highest BCUT2D eigenvalue weighted by atomic mass is 32.1. The highest BCUT2D eigenvalue weighted by molar-refractivity contribution is 7.80. The molecule has 0 amide bonds. The van der Waals surface area contributed by atoms with Crippen LogP contribution in [0.15, 0.2) is 0 Å². The van der Waals surface area contributed by atoms with Crippen molar-refractivity contribution in [3.05, 3.63) is 0 Å². The van der Waals surface area contributed by atoms with Gasteiger partial charge in [-0.15, -0.1) is 0 Å². The molecular formula is C14H30N2S. The zero-order chi connectivity index (χ0) is 12.8. The monoisotopic (exact) mass is 258 g/mol. The third kappa shape index (κ3) is 4.80. The molecule has 2 atom stereocenters. The molecule has 0 aromatic heterocycles. The topological polar surface area (TPSA) is 6.48 Å². The molecular weight excluding hydrogens is 228 g/mol. The minimum atomic E-state index is 0.732. The summed E-state index contributed by atoms with van der Waals surface area (Å²) in [6, 6.07) is 0.739. The molecule has 1 heterocycles. The Kier molecular flexibility index (Phi) is 6.90. The van der Waals surface area contributed by atoms with Crippen molar-refractivity contribution < 1.29 is 0 Å². The van der Waals surface area contributed by atoms with Gasteiger partial charge in [0.05, 0.1) is 0 Å². The summed E-state index contributed by atoms with van der Waals surface area (Å²) >= 11 is 4.52. The Balaban J connectivity index is 2.59. The van der Waals surface area contributed by atoms with Crippen LogP contribution < -0.4 is 0 Å². The van der Waals surface area contributed by atoms with Crippen LogP contribution in [0.25, 0.3) is 0 Å². The predicted molar refractivity (Wildman–Crippen MR) is 79.9 cm³/mol. The largest absolute Gasteiger partial charge is 0.305 e. The number of nitrogens with zero attached hydrogens (tertiary/aromatic N) is 2. The van der Waals surface area contributed by atoms with Gasteiger partial charge in [-0.2, -0.15) is 12.6 Å². The molecule has 17 heavy (non-hydrogen) atoms. The highest BCUT2D eigenvalue weighted by Crippen LogP contribution is 2.19. The number of likely N-dealkylation sites (N-methyl/N-ethyl adjacent to an activating group) is 1. The first-order valence-corrected chi connectivity index (χ1v) is 7.75. The summed E-state index contributed by atoms with van der Waals surface area (Å²) in [5, 5.41) is 0. The Bertz CT molecular complexity index is 208. The van der Waals surface area contributed by atoms with E-state index in [-0.39, 0.29) is 0 Å². The minimum Gasteiger partial charge on any atom is -0.305 e. The summed E-state index contributed by atoms with van der Waals surface area (Å²) in [5.41, 5.74) is 0. The molecule has 0 saturated carbocycles. The lowest BCUT2D eigenvalue weighted by Crippen LogP contribution is -2.43. The smallest absolute Gasteiger partial charge is 0.0220 e. The Morgan fingerprint density at radius 3 is 2.53 bits per heavy atom. The maximum atomic E-state index is 4.52. The standard InChI is InChI=1S/C14H30N2S/c1-5-14-10-15(4)7-6-8-16(14)9-13(11-17)12(2)3/h12-14,17H,5-11H2,1-4H3. The van der Waals surface area contributed by atoms with Gasteiger partial charge in [-0.1, -0.05) is 20.8 Å². The third-order valence-corrected chi connectivity index (χ3v) is 4.61. The first-order valence-electron chi connectivity index (χ1n) is 7.11. The Morgan fingerprint density at radius 1 is 1.29 bits per heavy atom. The fourth-order valence-corrected chi connectivity index (χ4v) is 3.24. The van der Waals surface area contributed by atoms with Crippen molar-refractivity contribution in [3.8, 4) is 0 Å². The van der Waals surface area contributed by atoms with Crippen LogP contribution in [0.5, 0.6) is 0 Å². The van der Waals surface area contributed by atoms with E-state index in [4.69, 9.17) is 0 Å². The van der Waals surface area contributed by atoms with Crippen LogP contribution in [-0.2, 0) is 0 Å². The fourth-order valence-electron chi connectivity index (χ4n) is 2.70. The zero-order valence-electron chi connectivity index (χ0n) is 12.0. The second-order valence-corrected chi connectivity index (χ2v) is 6.22. The molecule has 0 aromatic rings. The first-order chi connectivity index (χ1) is 8.08. The molecule has 0 aromatic carbocycles. The highest BCUT2D eigenvalue weighted by Gasteiger charge is 2.25. The number of hydrogen-bond acceptors (Lipinski definition) is 3. The summed E-state index contributed by atoms with van der Waals surface area (Å²) in [4.78, 5) is 5.20. The van der Waals surface area contributed by atoms with Crippen molar-refractivity contribution >= 4 is 12.6 Å². The Morgan fingerprint density at radius 2 is 2.00 bits per heavy atom. The summed E-state index contributed by atoms with van der Waals surface area (Å²) < 4.78 is 0. The lowest BCUT2D eigenvalue weighted by molar-refractivity contribution is 0.149. The third-order valence-electron chi connectivity index (χ3n) is 4.14. The SMILES string of the molecule is CCC1CN(C)CCCN1CC(CS)C(C)C. The van der Waals surface area contributed by atoms with Gasteiger partial charge < -0.3 is 4.90 Å². The number of thiol groups is 1. The molecule has 2 unspecified atom stereocenters. The molecule has 1 rings (SSSR count). The van der Waals surface area contributed by atoms with Crippen LogP contribution in [0.1, 0.15) is 33.6 Å². The first kappa shape index (κ1) is 15.3. The average molecular weight is 258 g/mol. The minimum absolute atomic E-state index is 0.732. The second kappa shape index (κ2) is 7.65. The summed E-state index contributed by atoms with van der Waals surface area (Å²) in [7, 11) is 2.25. The molecule has 2 nitrogen and oxygen atoms in total. The lowest BCUT2D eigenvalue weighted by atomic mass is 9.96. The lowest BCUT2D eigenvalue weighted by Gasteiger charge is -2.34. The molecule has 0 bridgehead atoms. The van der Waals surface area contributed by atoms with Crippen LogP contribution in [-0.4, -0.2) is 54.8 Å². The van der Waals surface area contributed by atoms with E-state index in [0.29, 0.717) is 0 Å². The normalized spacial score (nSPS) is 26.1. The van der Waals surface area contributed by atoms with Crippen LogP contribution in [0, 0.1) is 11.8 Å². The van der Waals surface area contributed by atoms with Crippen molar-refractivity contribution in [2.45, 2.75) is 39.7 Å². The molecule has 0 spiro atoms. The van der Waals surface area contributed by atoms with Gasteiger partial charge in [0.1, 0.15) is 0 Å². The maximum absolute atomic E-state index is 4.52. The van der Waals surface area contributed by atoms with E-state index in [0.717, 1.165) is 23.6 Å². The van der Waals surface area contributed by atoms with Gasteiger partial charge in [0.2, 0.25) is 0 Å². The molecule has 1 aliphatic heterocycles. The molecule has 0 radical (unpaired) electrons. The van der Waals surface area contributed by atoms with Gasteiger partial charge in [0.25, 0.3) is 0 Å². The van der Waals surface area contributed by atoms with E-state index < -0.39 is 0 Å². The van der Waals surface area contributed by atoms with Crippen molar-refractivity contribution in [3.63, 3.8) is 0 Å². The van der Waals surface area contributed by atoms with E-state index in [1.807, 2.05) is 0 Å². The van der Waals surface area contributed by atoms with Gasteiger partial charge in [0.15, 0.2) is 0 Å². The second-order valence-electron chi connectivity index (χ2n) is 5.86. The zero-order valence-corrected chi connectivity index (χ0v) is 12.9. The number of hydrogen-bond donors (Lipinski definition) is 1. The van der Waals surface area contributed by atoms with E-state index >= 15 is 0 Å². The van der Waals surface area contributed by atoms with Crippen molar-refractivity contribution in [2.75, 3.05) is 39.0 Å².